The Morgan fingerprint density at radius 2 is 1.73 bits per heavy atom. The molecule has 1 heterocycles. The van der Waals surface area contributed by atoms with E-state index >= 15 is 0 Å². The summed E-state index contributed by atoms with van der Waals surface area (Å²) in [7, 11) is 0. The van der Waals surface area contributed by atoms with Gasteiger partial charge in [0.2, 0.25) is 5.91 Å². The van der Waals surface area contributed by atoms with Crippen molar-refractivity contribution in [3.63, 3.8) is 0 Å². The van der Waals surface area contributed by atoms with E-state index in [1.54, 1.807) is 18.2 Å². The second kappa shape index (κ2) is 9.46. The molecule has 0 bridgehead atoms. The lowest BCUT2D eigenvalue weighted by Crippen LogP contribution is -2.56. The molecule has 33 heavy (non-hydrogen) atoms. The number of nitrogens with one attached hydrogen (secondary N) is 2. The summed E-state index contributed by atoms with van der Waals surface area (Å²) in [5, 5.41) is 7.06. The van der Waals surface area contributed by atoms with Crippen molar-refractivity contribution in [1.29, 1.82) is 0 Å². The number of carbonyl (C=O) groups excluding carboxylic acids is 2. The third-order valence-corrected chi connectivity index (χ3v) is 6.15. The zero-order valence-electron chi connectivity index (χ0n) is 18.4. The van der Waals surface area contributed by atoms with E-state index in [-0.39, 0.29) is 24.4 Å². The Morgan fingerprint density at radius 3 is 2.42 bits per heavy atom. The van der Waals surface area contributed by atoms with Gasteiger partial charge < -0.3 is 15.5 Å². The van der Waals surface area contributed by atoms with Crippen molar-refractivity contribution in [3.05, 3.63) is 94.0 Å². The highest BCUT2D eigenvalue weighted by Crippen LogP contribution is 2.45. The summed E-state index contributed by atoms with van der Waals surface area (Å²) in [5.74, 6) is -0.393. The summed E-state index contributed by atoms with van der Waals surface area (Å²) >= 11 is 12.5. The Balaban J connectivity index is 1.91. The Morgan fingerprint density at radius 1 is 1.00 bits per heavy atom. The number of rotatable bonds is 7. The number of para-hydroxylation sites is 1. The summed E-state index contributed by atoms with van der Waals surface area (Å²) in [4.78, 5) is 28.7. The number of carbonyl (C=O) groups is 2. The van der Waals surface area contributed by atoms with E-state index in [1.165, 1.54) is 0 Å². The summed E-state index contributed by atoms with van der Waals surface area (Å²) in [5.41, 5.74) is 1.86. The van der Waals surface area contributed by atoms with Crippen LogP contribution in [0.1, 0.15) is 25.0 Å². The van der Waals surface area contributed by atoms with Crippen molar-refractivity contribution in [2.24, 2.45) is 0 Å². The predicted molar refractivity (Wildman–Crippen MR) is 134 cm³/mol. The molecule has 3 aromatic rings. The summed E-state index contributed by atoms with van der Waals surface area (Å²) in [6.07, 6.45) is 0.317. The summed E-state index contributed by atoms with van der Waals surface area (Å²) in [6, 6.07) is 22.3. The second-order valence-electron chi connectivity index (χ2n) is 8.45. The van der Waals surface area contributed by atoms with Crippen molar-refractivity contribution in [2.75, 3.05) is 16.8 Å². The molecule has 1 aliphatic rings. The van der Waals surface area contributed by atoms with E-state index in [2.05, 4.69) is 10.6 Å². The van der Waals surface area contributed by atoms with Crippen molar-refractivity contribution in [3.8, 4) is 0 Å². The molecule has 4 rings (SSSR count). The smallest absolute Gasteiger partial charge is 0.255 e. The zero-order chi connectivity index (χ0) is 23.6. The van der Waals surface area contributed by atoms with Crippen LogP contribution < -0.4 is 15.5 Å². The highest BCUT2D eigenvalue weighted by Gasteiger charge is 2.52. The average Bonchev–Trinajstić information content (AvgIpc) is 3.03. The van der Waals surface area contributed by atoms with Crippen LogP contribution in [0.15, 0.2) is 72.8 Å². The van der Waals surface area contributed by atoms with Crippen LogP contribution in [-0.2, 0) is 21.5 Å². The number of amides is 2. The fraction of sp³-hybridized carbons (Fsp3) is 0.231. The molecule has 0 saturated carbocycles. The molecule has 7 heteroatoms. The molecule has 170 valence electrons. The van der Waals surface area contributed by atoms with Gasteiger partial charge in [-0.1, -0.05) is 59.6 Å². The minimum atomic E-state index is -1.18. The minimum Gasteiger partial charge on any atom is -0.352 e. The van der Waals surface area contributed by atoms with Crippen molar-refractivity contribution < 1.29 is 9.59 Å². The molecular formula is C26H25Cl2N3O2. The number of fused-ring (bicyclic) bond motifs is 1. The maximum Gasteiger partial charge on any atom is 0.255 e. The maximum absolute atomic E-state index is 13.8. The molecule has 0 aromatic heterocycles. The van der Waals surface area contributed by atoms with Crippen LogP contribution in [-0.4, -0.2) is 24.4 Å². The van der Waals surface area contributed by atoms with Crippen LogP contribution in [0.3, 0.4) is 0 Å². The fourth-order valence-electron chi connectivity index (χ4n) is 4.38. The van der Waals surface area contributed by atoms with Crippen LogP contribution in [0.5, 0.6) is 0 Å². The first-order chi connectivity index (χ1) is 15.8. The molecule has 0 spiro atoms. The molecule has 0 radical (unpaired) electrons. The van der Waals surface area contributed by atoms with E-state index in [4.69, 9.17) is 23.2 Å². The van der Waals surface area contributed by atoms with Gasteiger partial charge in [0, 0.05) is 39.4 Å². The van der Waals surface area contributed by atoms with E-state index in [9.17, 15) is 9.59 Å². The molecule has 1 unspecified atom stereocenters. The van der Waals surface area contributed by atoms with Gasteiger partial charge in [-0.15, -0.1) is 0 Å². The molecule has 0 fully saturated rings. The Labute approximate surface area is 203 Å². The molecule has 0 saturated heterocycles. The van der Waals surface area contributed by atoms with E-state index < -0.39 is 5.54 Å². The monoisotopic (exact) mass is 481 g/mol. The Hall–Kier alpha value is -3.02. The van der Waals surface area contributed by atoms with Crippen LogP contribution in [0.25, 0.3) is 0 Å². The first-order valence-electron chi connectivity index (χ1n) is 10.8. The predicted octanol–water partition coefficient (Wildman–Crippen LogP) is 5.41. The number of halogens is 2. The van der Waals surface area contributed by atoms with Gasteiger partial charge in [0.1, 0.15) is 0 Å². The molecule has 2 amide bonds. The normalized spacial score (nSPS) is 16.9. The first-order valence-corrected chi connectivity index (χ1v) is 11.5. The number of hydrogen-bond acceptors (Lipinski definition) is 3. The van der Waals surface area contributed by atoms with Crippen LogP contribution in [0, 0.1) is 0 Å². The zero-order valence-corrected chi connectivity index (χ0v) is 20.0. The van der Waals surface area contributed by atoms with Gasteiger partial charge in [-0.05, 0) is 55.8 Å². The third kappa shape index (κ3) is 4.70. The lowest BCUT2D eigenvalue weighted by Gasteiger charge is -2.41. The quantitative estimate of drug-likeness (QED) is 0.473. The standard InChI is InChI=1S/C26H25Cl2N3O2/c1-17(2)29-24(32)16-31(21-9-4-3-5-10-21)26(15-18-7-6-8-19(27)13-18)22-12-11-20(28)14-23(22)30-25(26)33/h3-14,17H,15-16H2,1-2H3,(H,29,32)(H,30,33). The van der Waals surface area contributed by atoms with Gasteiger partial charge in [0.05, 0.1) is 6.54 Å². The lowest BCUT2D eigenvalue weighted by atomic mass is 9.82. The number of anilines is 2. The van der Waals surface area contributed by atoms with Crippen LogP contribution in [0.2, 0.25) is 10.0 Å². The largest absolute Gasteiger partial charge is 0.352 e. The number of hydrogen-bond donors (Lipinski definition) is 2. The summed E-state index contributed by atoms with van der Waals surface area (Å²) < 4.78 is 0. The first kappa shape index (κ1) is 23.1. The van der Waals surface area contributed by atoms with E-state index in [0.29, 0.717) is 22.2 Å². The topological polar surface area (TPSA) is 61.4 Å². The molecule has 0 aliphatic carbocycles. The fourth-order valence-corrected chi connectivity index (χ4v) is 4.76. The van der Waals surface area contributed by atoms with Gasteiger partial charge in [0.25, 0.3) is 5.91 Å². The van der Waals surface area contributed by atoms with Gasteiger partial charge in [-0.2, -0.15) is 0 Å². The molecule has 1 aliphatic heterocycles. The average molecular weight is 482 g/mol. The van der Waals surface area contributed by atoms with Crippen molar-refractivity contribution >= 4 is 46.4 Å². The van der Waals surface area contributed by atoms with E-state index in [0.717, 1.165) is 16.8 Å². The molecule has 5 nitrogen and oxygen atoms in total. The SMILES string of the molecule is CC(C)NC(=O)CN(c1ccccc1)C1(Cc2cccc(Cl)c2)C(=O)Nc2cc(Cl)ccc21. The van der Waals surface area contributed by atoms with Gasteiger partial charge >= 0.3 is 0 Å². The van der Waals surface area contributed by atoms with E-state index in [1.807, 2.05) is 73.3 Å². The molecule has 1 atom stereocenters. The highest BCUT2D eigenvalue weighted by molar-refractivity contribution is 6.31. The molecular weight excluding hydrogens is 457 g/mol. The Bertz CT molecular complexity index is 1180. The maximum atomic E-state index is 13.8. The van der Waals surface area contributed by atoms with Crippen LogP contribution >= 0.6 is 23.2 Å². The Kier molecular flexibility index (Phi) is 6.63. The minimum absolute atomic E-state index is 0.00174. The lowest BCUT2D eigenvalue weighted by molar-refractivity contribution is -0.122. The van der Waals surface area contributed by atoms with Crippen molar-refractivity contribution in [1.82, 2.24) is 5.32 Å². The molecule has 2 N–H and O–H groups in total. The third-order valence-electron chi connectivity index (χ3n) is 5.68. The number of benzene rings is 3. The van der Waals surface area contributed by atoms with Gasteiger partial charge in [-0.3, -0.25) is 9.59 Å². The summed E-state index contributed by atoms with van der Waals surface area (Å²) in [6.45, 7) is 3.82. The van der Waals surface area contributed by atoms with Gasteiger partial charge in [-0.25, -0.2) is 0 Å². The van der Waals surface area contributed by atoms with Gasteiger partial charge in [0.15, 0.2) is 5.54 Å². The molecule has 3 aromatic carbocycles. The highest BCUT2D eigenvalue weighted by atomic mass is 35.5. The second-order valence-corrected chi connectivity index (χ2v) is 9.33. The number of nitrogens with zero attached hydrogens (tertiary/aromatic N) is 1. The van der Waals surface area contributed by atoms with Crippen molar-refractivity contribution in [2.45, 2.75) is 31.8 Å². The van der Waals surface area contributed by atoms with Crippen LogP contribution in [0.4, 0.5) is 11.4 Å².